The quantitative estimate of drug-likeness (QED) is 0.653. The van der Waals surface area contributed by atoms with Crippen molar-refractivity contribution in [3.8, 4) is 0 Å². The zero-order valence-corrected chi connectivity index (χ0v) is 14.9. The molecule has 0 bridgehead atoms. The van der Waals surface area contributed by atoms with Gasteiger partial charge in [-0.2, -0.15) is 4.39 Å². The highest BCUT2D eigenvalue weighted by atomic mass is 19.1. The number of allylic oxidation sites excluding steroid dienone is 1. The largest absolute Gasteiger partial charge is 0.467 e. The summed E-state index contributed by atoms with van der Waals surface area (Å²) in [6.07, 6.45) is 12.3. The van der Waals surface area contributed by atoms with Crippen molar-refractivity contribution in [2.24, 2.45) is 17.8 Å². The summed E-state index contributed by atoms with van der Waals surface area (Å²) in [6.45, 7) is 5.16. The summed E-state index contributed by atoms with van der Waals surface area (Å²) in [7, 11) is 0. The molecule has 3 heteroatoms. The highest BCUT2D eigenvalue weighted by Gasteiger charge is 2.32. The second-order valence-electron chi connectivity index (χ2n) is 8.25. The van der Waals surface area contributed by atoms with E-state index in [4.69, 9.17) is 9.47 Å². The topological polar surface area (TPSA) is 18.5 Å². The van der Waals surface area contributed by atoms with Crippen LogP contribution in [0.1, 0.15) is 78.1 Å². The van der Waals surface area contributed by atoms with Crippen LogP contribution in [-0.2, 0) is 9.47 Å². The lowest BCUT2D eigenvalue weighted by Crippen LogP contribution is -2.33. The van der Waals surface area contributed by atoms with Gasteiger partial charge in [0, 0.05) is 6.61 Å². The van der Waals surface area contributed by atoms with Crippen LogP contribution in [0.3, 0.4) is 0 Å². The van der Waals surface area contributed by atoms with Gasteiger partial charge in [0.2, 0.25) is 0 Å². The average molecular weight is 324 g/mol. The van der Waals surface area contributed by atoms with Crippen LogP contribution < -0.4 is 0 Å². The molecule has 2 nitrogen and oxygen atoms in total. The molecular weight excluding hydrogens is 291 g/mol. The van der Waals surface area contributed by atoms with Gasteiger partial charge in [-0.3, -0.25) is 0 Å². The van der Waals surface area contributed by atoms with Gasteiger partial charge < -0.3 is 9.47 Å². The third-order valence-electron chi connectivity index (χ3n) is 6.34. The Bertz CT molecular complexity index is 404. The van der Waals surface area contributed by atoms with Crippen molar-refractivity contribution in [3.05, 3.63) is 11.6 Å². The molecule has 3 aliphatic rings. The minimum Gasteiger partial charge on any atom is -0.467 e. The molecule has 1 atom stereocenters. The second kappa shape index (κ2) is 8.00. The normalized spacial score (nSPS) is 39.2. The van der Waals surface area contributed by atoms with E-state index in [-0.39, 0.29) is 12.1 Å². The first-order valence-corrected chi connectivity index (χ1v) is 9.75. The number of ether oxygens (including phenoxy) is 2. The molecule has 0 radical (unpaired) electrons. The van der Waals surface area contributed by atoms with E-state index in [0.717, 1.165) is 62.5 Å². The van der Waals surface area contributed by atoms with Crippen molar-refractivity contribution >= 4 is 0 Å². The van der Waals surface area contributed by atoms with Gasteiger partial charge in [0.1, 0.15) is 6.10 Å². The van der Waals surface area contributed by atoms with Gasteiger partial charge in [-0.25, -0.2) is 0 Å². The monoisotopic (exact) mass is 324 g/mol. The first-order valence-electron chi connectivity index (χ1n) is 9.75. The van der Waals surface area contributed by atoms with E-state index >= 15 is 0 Å². The van der Waals surface area contributed by atoms with Crippen LogP contribution in [0.15, 0.2) is 11.6 Å². The van der Waals surface area contributed by atoms with E-state index in [1.807, 2.05) is 6.92 Å². The zero-order valence-electron chi connectivity index (χ0n) is 14.9. The predicted octanol–water partition coefficient (Wildman–Crippen LogP) is 5.77. The van der Waals surface area contributed by atoms with Gasteiger partial charge >= 0.3 is 0 Å². The summed E-state index contributed by atoms with van der Waals surface area (Å²) < 4.78 is 25.4. The number of halogens is 1. The fourth-order valence-electron chi connectivity index (χ4n) is 4.48. The Morgan fingerprint density at radius 2 is 1.70 bits per heavy atom. The highest BCUT2D eigenvalue weighted by molar-refractivity contribution is 5.04. The Morgan fingerprint density at radius 3 is 2.35 bits per heavy atom. The molecule has 0 aromatic heterocycles. The van der Waals surface area contributed by atoms with Gasteiger partial charge in [-0.15, -0.1) is 0 Å². The Labute approximate surface area is 140 Å². The van der Waals surface area contributed by atoms with Crippen LogP contribution in [0.25, 0.3) is 0 Å². The Balaban J connectivity index is 1.36. The first kappa shape index (κ1) is 17.3. The summed E-state index contributed by atoms with van der Waals surface area (Å²) in [4.78, 5) is 0. The molecule has 0 amide bonds. The molecule has 1 heterocycles. The molecule has 0 spiro atoms. The zero-order chi connectivity index (χ0) is 16.2. The number of rotatable bonds is 4. The summed E-state index contributed by atoms with van der Waals surface area (Å²) in [5.74, 6) is 2.22. The predicted molar refractivity (Wildman–Crippen MR) is 90.7 cm³/mol. The molecule has 0 aromatic carbocycles. The smallest absolute Gasteiger partial charge is 0.271 e. The molecule has 23 heavy (non-hydrogen) atoms. The number of hydrogen-bond donors (Lipinski definition) is 0. The van der Waals surface area contributed by atoms with Crippen LogP contribution in [0.4, 0.5) is 4.39 Å². The molecule has 2 fully saturated rings. The third-order valence-corrected chi connectivity index (χ3v) is 6.34. The minimum atomic E-state index is -0.314. The van der Waals surface area contributed by atoms with Crippen molar-refractivity contribution in [2.75, 3.05) is 6.61 Å². The molecule has 1 unspecified atom stereocenters. The van der Waals surface area contributed by atoms with Gasteiger partial charge in [0.25, 0.3) is 6.01 Å². The maximum Gasteiger partial charge on any atom is 0.271 e. The molecular formula is C20H33FO2. The van der Waals surface area contributed by atoms with Gasteiger partial charge in [-0.05, 0) is 81.6 Å². The van der Waals surface area contributed by atoms with Crippen LogP contribution in [0.2, 0.25) is 0 Å². The van der Waals surface area contributed by atoms with E-state index in [0.29, 0.717) is 12.0 Å². The first-order chi connectivity index (χ1) is 11.1. The molecule has 2 saturated carbocycles. The Hall–Kier alpha value is -0.570. The Kier molecular flexibility index (Phi) is 6.01. The van der Waals surface area contributed by atoms with Crippen molar-refractivity contribution in [1.82, 2.24) is 0 Å². The van der Waals surface area contributed by atoms with Gasteiger partial charge in [-0.1, -0.05) is 19.8 Å². The van der Waals surface area contributed by atoms with Crippen LogP contribution in [0, 0.1) is 17.8 Å². The average Bonchev–Trinajstić information content (AvgIpc) is 2.57. The van der Waals surface area contributed by atoms with Crippen LogP contribution >= 0.6 is 0 Å². The van der Waals surface area contributed by atoms with Crippen molar-refractivity contribution in [3.63, 3.8) is 0 Å². The van der Waals surface area contributed by atoms with E-state index in [1.54, 1.807) is 0 Å². The molecule has 132 valence electrons. The standard InChI is InChI=1S/C20H33FO2/c1-14-3-6-16(7-4-14)13-22-18-10-8-17(9-11-18)19-12-5-15(2)20(21)23-19/h14,16-19H,3-13H2,1-2H3. The second-order valence-corrected chi connectivity index (χ2v) is 8.25. The molecule has 2 aliphatic carbocycles. The van der Waals surface area contributed by atoms with E-state index in [2.05, 4.69) is 6.92 Å². The SMILES string of the molecule is CC1=C(F)OC(C2CCC(OCC3CCC(C)CC3)CC2)CC1. The molecule has 0 N–H and O–H groups in total. The lowest BCUT2D eigenvalue weighted by Gasteiger charge is -2.36. The molecule has 0 saturated heterocycles. The van der Waals surface area contributed by atoms with Crippen LogP contribution in [0.5, 0.6) is 0 Å². The molecule has 1 aliphatic heterocycles. The summed E-state index contributed by atoms with van der Waals surface area (Å²) in [5.41, 5.74) is 0.778. The van der Waals surface area contributed by atoms with Crippen molar-refractivity contribution in [1.29, 1.82) is 0 Å². The number of hydrogen-bond acceptors (Lipinski definition) is 2. The Morgan fingerprint density at radius 1 is 1.00 bits per heavy atom. The highest BCUT2D eigenvalue weighted by Crippen LogP contribution is 2.37. The maximum absolute atomic E-state index is 13.6. The minimum absolute atomic E-state index is 0.0967. The van der Waals surface area contributed by atoms with E-state index in [9.17, 15) is 4.39 Å². The fraction of sp³-hybridized carbons (Fsp3) is 0.900. The van der Waals surface area contributed by atoms with E-state index < -0.39 is 0 Å². The van der Waals surface area contributed by atoms with E-state index in [1.165, 1.54) is 25.7 Å². The lowest BCUT2D eigenvalue weighted by molar-refractivity contribution is -0.0440. The lowest BCUT2D eigenvalue weighted by atomic mass is 9.81. The van der Waals surface area contributed by atoms with Crippen molar-refractivity contribution in [2.45, 2.75) is 90.3 Å². The van der Waals surface area contributed by atoms with Crippen molar-refractivity contribution < 1.29 is 13.9 Å². The van der Waals surface area contributed by atoms with Crippen LogP contribution in [-0.4, -0.2) is 18.8 Å². The molecule has 0 aromatic rings. The summed E-state index contributed by atoms with van der Waals surface area (Å²) >= 11 is 0. The molecule has 3 rings (SSSR count). The van der Waals surface area contributed by atoms with Gasteiger partial charge in [0.05, 0.1) is 6.10 Å². The maximum atomic E-state index is 13.6. The fourth-order valence-corrected chi connectivity index (χ4v) is 4.48. The summed E-state index contributed by atoms with van der Waals surface area (Å²) in [5, 5.41) is 0. The third kappa shape index (κ3) is 4.71. The summed E-state index contributed by atoms with van der Waals surface area (Å²) in [6, 6.07) is -0.314. The van der Waals surface area contributed by atoms with Gasteiger partial charge in [0.15, 0.2) is 0 Å².